The molecule has 0 bridgehead atoms. The van der Waals surface area contributed by atoms with Crippen molar-refractivity contribution in [3.63, 3.8) is 0 Å². The van der Waals surface area contributed by atoms with Gasteiger partial charge >= 0.3 is 0 Å². The second kappa shape index (κ2) is 8.36. The molecule has 0 unspecified atom stereocenters. The molecule has 0 radical (unpaired) electrons. The number of halogens is 3. The molecule has 4 heteroatoms. The van der Waals surface area contributed by atoms with E-state index in [1.807, 2.05) is 0 Å². The van der Waals surface area contributed by atoms with Crippen molar-refractivity contribution in [3.05, 3.63) is 12.2 Å². The van der Waals surface area contributed by atoms with E-state index in [4.69, 9.17) is 0 Å². The Bertz CT molecular complexity index is 214. The molecule has 0 aliphatic heterocycles. The lowest BCUT2D eigenvalue weighted by Gasteiger charge is -2.20. The molecule has 0 aromatic heterocycles. The highest BCUT2D eigenvalue weighted by atomic mass is 19.1. The average Bonchev–Trinajstić information content (AvgIpc) is 2.32. The number of rotatable bonds is 9. The fourth-order valence-electron chi connectivity index (χ4n) is 1.18. The molecule has 0 aromatic carbocycles. The van der Waals surface area contributed by atoms with Crippen molar-refractivity contribution in [2.24, 2.45) is 5.41 Å². The van der Waals surface area contributed by atoms with Gasteiger partial charge in [-0.2, -0.15) is 0 Å². The van der Waals surface area contributed by atoms with Crippen LogP contribution in [0.3, 0.4) is 0 Å². The van der Waals surface area contributed by atoms with Crippen molar-refractivity contribution in [1.82, 2.24) is 0 Å². The first-order valence-electron chi connectivity index (χ1n) is 5.55. The van der Waals surface area contributed by atoms with E-state index in [2.05, 4.69) is 6.92 Å². The molecule has 0 saturated heterocycles. The van der Waals surface area contributed by atoms with Crippen molar-refractivity contribution < 1.29 is 18.0 Å². The molecule has 0 fully saturated rings. The number of unbranched alkanes of at least 4 members (excludes halogenated alkanes) is 3. The van der Waals surface area contributed by atoms with E-state index in [0.717, 1.165) is 25.3 Å². The minimum absolute atomic E-state index is 0.681. The summed E-state index contributed by atoms with van der Waals surface area (Å²) >= 11 is 0. The zero-order chi connectivity index (χ0) is 12.4. The van der Waals surface area contributed by atoms with Gasteiger partial charge in [0.25, 0.3) is 0 Å². The summed E-state index contributed by atoms with van der Waals surface area (Å²) in [6.07, 6.45) is 6.38. The fourth-order valence-corrected chi connectivity index (χ4v) is 1.18. The lowest BCUT2D eigenvalue weighted by atomic mass is 9.87. The molecule has 0 N–H and O–H groups in total. The molecular weight excluding hydrogens is 217 g/mol. The van der Waals surface area contributed by atoms with Crippen LogP contribution in [0.15, 0.2) is 12.2 Å². The van der Waals surface area contributed by atoms with Crippen LogP contribution < -0.4 is 0 Å². The van der Waals surface area contributed by atoms with E-state index >= 15 is 0 Å². The van der Waals surface area contributed by atoms with Crippen molar-refractivity contribution in [3.8, 4) is 0 Å². The first kappa shape index (κ1) is 15.2. The van der Waals surface area contributed by atoms with Gasteiger partial charge in [-0.05, 0) is 18.9 Å². The Hall–Kier alpha value is -0.800. The molecule has 0 aromatic rings. The lowest BCUT2D eigenvalue weighted by Crippen LogP contribution is -2.36. The number of carbonyl (C=O) groups is 1. The van der Waals surface area contributed by atoms with Crippen LogP contribution in [-0.2, 0) is 4.79 Å². The molecule has 16 heavy (non-hydrogen) atoms. The van der Waals surface area contributed by atoms with Crippen LogP contribution in [0.25, 0.3) is 0 Å². The van der Waals surface area contributed by atoms with E-state index in [1.54, 1.807) is 6.08 Å². The molecule has 0 spiro atoms. The molecule has 0 amide bonds. The van der Waals surface area contributed by atoms with Gasteiger partial charge in [-0.3, -0.25) is 4.79 Å². The Morgan fingerprint density at radius 2 is 1.69 bits per heavy atom. The van der Waals surface area contributed by atoms with E-state index in [0.29, 0.717) is 6.42 Å². The maximum atomic E-state index is 12.5. The van der Waals surface area contributed by atoms with Gasteiger partial charge in [0, 0.05) is 0 Å². The standard InChI is InChI=1S/C12H19F3O/c1-2-3-4-5-6-7-11(16)12(8-13,9-14)10-15/h6-7H,2-5,8-10H2,1H3/b7-6+. The lowest BCUT2D eigenvalue weighted by molar-refractivity contribution is -0.126. The average molecular weight is 236 g/mol. The summed E-state index contributed by atoms with van der Waals surface area (Å²) in [5, 5.41) is 0. The molecule has 0 heterocycles. The molecule has 0 rings (SSSR count). The second-order valence-corrected chi connectivity index (χ2v) is 3.94. The van der Waals surface area contributed by atoms with Gasteiger partial charge in [0.15, 0.2) is 5.78 Å². The first-order chi connectivity index (χ1) is 7.66. The van der Waals surface area contributed by atoms with E-state index < -0.39 is 31.2 Å². The highest BCUT2D eigenvalue weighted by Gasteiger charge is 2.37. The fraction of sp³-hybridized carbons (Fsp3) is 0.750. The van der Waals surface area contributed by atoms with E-state index in [1.165, 1.54) is 0 Å². The summed E-state index contributed by atoms with van der Waals surface area (Å²) in [5.41, 5.74) is -2.10. The molecule has 1 nitrogen and oxygen atoms in total. The number of allylic oxidation sites excluding steroid dienone is 2. The summed E-state index contributed by atoms with van der Waals surface area (Å²) in [4.78, 5) is 11.4. The predicted octanol–water partition coefficient (Wildman–Crippen LogP) is 3.59. The number of hydrogen-bond donors (Lipinski definition) is 0. The van der Waals surface area contributed by atoms with Gasteiger partial charge in [-0.15, -0.1) is 0 Å². The monoisotopic (exact) mass is 236 g/mol. The number of hydrogen-bond acceptors (Lipinski definition) is 1. The van der Waals surface area contributed by atoms with Gasteiger partial charge in [-0.1, -0.05) is 25.8 Å². The topological polar surface area (TPSA) is 17.1 Å². The second-order valence-electron chi connectivity index (χ2n) is 3.94. The van der Waals surface area contributed by atoms with Gasteiger partial charge in [-0.25, -0.2) is 13.2 Å². The van der Waals surface area contributed by atoms with Crippen molar-refractivity contribution in [1.29, 1.82) is 0 Å². The maximum absolute atomic E-state index is 12.5. The number of carbonyl (C=O) groups excluding carboxylic acids is 1. The maximum Gasteiger partial charge on any atom is 0.169 e. The van der Waals surface area contributed by atoms with Gasteiger partial charge in [0.2, 0.25) is 0 Å². The number of alkyl halides is 3. The Labute approximate surface area is 94.7 Å². The smallest absolute Gasteiger partial charge is 0.169 e. The Morgan fingerprint density at radius 1 is 1.12 bits per heavy atom. The molecule has 0 saturated carbocycles. The summed E-state index contributed by atoms with van der Waals surface area (Å²) in [6, 6.07) is 0. The third-order valence-corrected chi connectivity index (χ3v) is 2.53. The summed E-state index contributed by atoms with van der Waals surface area (Å²) in [6.45, 7) is -1.83. The van der Waals surface area contributed by atoms with Crippen LogP contribution in [0.2, 0.25) is 0 Å². The number of ketones is 1. The molecule has 0 aliphatic carbocycles. The Morgan fingerprint density at radius 3 is 2.12 bits per heavy atom. The van der Waals surface area contributed by atoms with Crippen LogP contribution >= 0.6 is 0 Å². The third kappa shape index (κ3) is 4.37. The quantitative estimate of drug-likeness (QED) is 0.441. The largest absolute Gasteiger partial charge is 0.294 e. The summed E-state index contributed by atoms with van der Waals surface area (Å²) < 4.78 is 37.4. The predicted molar refractivity (Wildman–Crippen MR) is 58.6 cm³/mol. The van der Waals surface area contributed by atoms with Crippen molar-refractivity contribution in [2.45, 2.75) is 32.6 Å². The SMILES string of the molecule is CCCCC/C=C/C(=O)C(CF)(CF)CF. The molecule has 0 aliphatic rings. The minimum atomic E-state index is -2.10. The van der Waals surface area contributed by atoms with Crippen LogP contribution in [-0.4, -0.2) is 25.8 Å². The van der Waals surface area contributed by atoms with Crippen LogP contribution in [0.5, 0.6) is 0 Å². The minimum Gasteiger partial charge on any atom is -0.294 e. The zero-order valence-electron chi connectivity index (χ0n) is 9.65. The zero-order valence-corrected chi connectivity index (χ0v) is 9.65. The summed E-state index contributed by atoms with van der Waals surface area (Å²) in [7, 11) is 0. The molecular formula is C12H19F3O. The van der Waals surface area contributed by atoms with Gasteiger partial charge in [0.05, 0.1) is 0 Å². The Balaban J connectivity index is 4.20. The Kier molecular flexibility index (Phi) is 7.95. The third-order valence-electron chi connectivity index (χ3n) is 2.53. The van der Waals surface area contributed by atoms with Crippen LogP contribution in [0.1, 0.15) is 32.6 Å². The normalized spacial score (nSPS) is 12.2. The van der Waals surface area contributed by atoms with Gasteiger partial charge < -0.3 is 0 Å². The van der Waals surface area contributed by atoms with Crippen LogP contribution in [0, 0.1) is 5.41 Å². The molecule has 0 atom stereocenters. The first-order valence-corrected chi connectivity index (χ1v) is 5.55. The highest BCUT2D eigenvalue weighted by molar-refractivity contribution is 5.95. The summed E-state index contributed by atoms with van der Waals surface area (Å²) in [5.74, 6) is -0.795. The highest BCUT2D eigenvalue weighted by Crippen LogP contribution is 2.22. The van der Waals surface area contributed by atoms with Gasteiger partial charge in [0.1, 0.15) is 25.4 Å². The van der Waals surface area contributed by atoms with Crippen molar-refractivity contribution >= 4 is 5.78 Å². The van der Waals surface area contributed by atoms with E-state index in [9.17, 15) is 18.0 Å². The van der Waals surface area contributed by atoms with Crippen molar-refractivity contribution in [2.75, 3.05) is 20.0 Å². The molecule has 94 valence electrons. The van der Waals surface area contributed by atoms with E-state index in [-0.39, 0.29) is 0 Å². The van der Waals surface area contributed by atoms with Crippen LogP contribution in [0.4, 0.5) is 13.2 Å².